The van der Waals surface area contributed by atoms with Crippen LogP contribution in [-0.4, -0.2) is 252 Å². The molecule has 41 nitrogen and oxygen atoms in total. The van der Waals surface area contributed by atoms with Crippen LogP contribution in [0.25, 0.3) is 0 Å². The lowest BCUT2D eigenvalue weighted by atomic mass is 10.2. The summed E-state index contributed by atoms with van der Waals surface area (Å²) in [6.07, 6.45) is 11.1. The lowest BCUT2D eigenvalue weighted by molar-refractivity contribution is -0.134. The minimum Gasteiger partial charge on any atom is -0.494 e. The maximum Gasteiger partial charge on any atom is 0.248 e. The Hall–Kier alpha value is -17.9. The molecule has 0 radical (unpaired) electrons. The third kappa shape index (κ3) is 30.6. The number of amides is 8. The number of nitrogens with one attached hydrogen (secondary N) is 10. The van der Waals surface area contributed by atoms with Gasteiger partial charge in [-0.3, -0.25) is 38.4 Å². The molecule has 16 rings (SSSR count). The molecule has 43 heteroatoms. The monoisotopic (exact) mass is 2060 g/mol. The van der Waals surface area contributed by atoms with Crippen LogP contribution in [0.15, 0.2) is 245 Å². The second-order valence-electron chi connectivity index (χ2n) is 33.6. The van der Waals surface area contributed by atoms with Gasteiger partial charge >= 0.3 is 0 Å². The van der Waals surface area contributed by atoms with Crippen LogP contribution in [0.4, 0.5) is 115 Å². The molecule has 11 N–H and O–H groups in total. The van der Waals surface area contributed by atoms with Crippen molar-refractivity contribution in [1.29, 1.82) is 0 Å². The van der Waals surface area contributed by atoms with Crippen LogP contribution in [0, 0.1) is 13.8 Å². The van der Waals surface area contributed by atoms with Gasteiger partial charge in [0, 0.05) is 242 Å². The van der Waals surface area contributed by atoms with Crippen LogP contribution < -0.4 is 101 Å². The molecule has 0 bridgehead atoms. The molecule has 149 heavy (non-hydrogen) atoms. The van der Waals surface area contributed by atoms with Crippen LogP contribution >= 0.6 is 23.2 Å². The summed E-state index contributed by atoms with van der Waals surface area (Å²) in [7, 11) is 6.41. The number of piperazine rings is 4. The molecule has 0 aliphatic carbocycles. The molecule has 0 atom stereocenters. The van der Waals surface area contributed by atoms with E-state index in [4.69, 9.17) is 56.7 Å². The number of aliphatic hydroxyl groups is 1. The van der Waals surface area contributed by atoms with Crippen LogP contribution in [-0.2, 0) is 38.4 Å². The highest BCUT2D eigenvalue weighted by molar-refractivity contribution is 6.33. The number of anilines is 20. The number of aromatic nitrogens is 8. The van der Waals surface area contributed by atoms with Crippen molar-refractivity contribution < 1.29 is 71.9 Å². The van der Waals surface area contributed by atoms with Gasteiger partial charge in [-0.25, -0.2) is 19.9 Å². The first kappa shape index (κ1) is 108. The van der Waals surface area contributed by atoms with E-state index in [1.54, 1.807) is 145 Å². The Labute approximate surface area is 871 Å². The Morgan fingerprint density at radius 3 is 0.966 bits per heavy atom. The van der Waals surface area contributed by atoms with Crippen LogP contribution in [0.1, 0.15) is 31.9 Å². The van der Waals surface area contributed by atoms with Gasteiger partial charge in [-0.05, 0) is 147 Å². The highest BCUT2D eigenvalue weighted by atomic mass is 35.5. The Balaban J connectivity index is 0.000000166. The second-order valence-corrected chi connectivity index (χ2v) is 34.4. The molecule has 4 saturated heterocycles. The van der Waals surface area contributed by atoms with Crippen molar-refractivity contribution in [2.75, 3.05) is 213 Å². The predicted octanol–water partition coefficient (Wildman–Crippen LogP) is 16.1. The van der Waals surface area contributed by atoms with E-state index >= 15 is 0 Å². The van der Waals surface area contributed by atoms with Crippen molar-refractivity contribution in [3.05, 3.63) is 266 Å². The Bertz CT molecular complexity index is 6380. The smallest absolute Gasteiger partial charge is 0.248 e. The fourth-order valence-corrected chi connectivity index (χ4v) is 15.9. The van der Waals surface area contributed by atoms with Crippen molar-refractivity contribution in [2.45, 2.75) is 34.6 Å². The van der Waals surface area contributed by atoms with E-state index in [1.165, 1.54) is 36.7 Å². The Morgan fingerprint density at radius 1 is 0.336 bits per heavy atom. The van der Waals surface area contributed by atoms with E-state index in [0.717, 1.165) is 78.8 Å². The summed E-state index contributed by atoms with van der Waals surface area (Å²) in [5, 5.41) is 39.7. The number of aliphatic hydroxyl groups excluding tert-OH is 1. The number of hydrogen-bond acceptors (Lipinski definition) is 33. The standard InChI is InChI=1S/C27H31N7O4.C27H30N6O4.C26H28ClN7O3.C26H27ClN6O4/c1-4-24(36)29-19-6-5-7-20(14-19)30-26-18(2)16-28-27(32-26)31-22-9-8-21(15-23(22)38-3)33-10-12-34(13-11-33)25(37)17-35;1-5-25(35)29-20-7-6-8-22(15-20)37-26-18(2)17-28-27(31-26)30-23-10-9-21(16-24(23)36-4)33-13-11-32(12-14-33)19(3)34;1-4-24(36)29-18-6-5-7-19(14-18)30-25-21(27)16-28-26(32-25)31-22-9-8-20(15-23(22)37-3)34-12-10-33(11-13-34)17(2)35;1-4-24(35)29-18-6-5-7-20(14-18)37-25-21(27)16-28-26(31-25)30-22-9-8-19(15-23(22)36-3)33-12-10-32(11-13-33)17(2)34/h4-9,14-16,35H,1,10-13,17H2,2-3H3,(H,29,36)(H2,28,30,31,32);5-10,15-17H,1,11-14H2,2-4H3,(H,29,35)(H,28,30,31);4-9,14-16H,1,10-13H2,2-3H3,(H,29,36)(H2,28,30,31,32);4-9,14-16H,1,10-13H2,2-3H3,(H,29,35)(H,28,30,31). The number of aryl methyl sites for hydroxylation is 2. The van der Waals surface area contributed by atoms with Gasteiger partial charge in [0.05, 0.1) is 63.6 Å². The molecule has 12 aromatic rings. The van der Waals surface area contributed by atoms with E-state index in [9.17, 15) is 38.4 Å². The topological polar surface area (TPSA) is 462 Å². The van der Waals surface area contributed by atoms with Crippen molar-refractivity contribution in [1.82, 2.24) is 59.5 Å². The van der Waals surface area contributed by atoms with Gasteiger partial charge < -0.3 is 126 Å². The number of rotatable bonds is 33. The van der Waals surface area contributed by atoms with Gasteiger partial charge in [-0.2, -0.15) is 19.9 Å². The SMILES string of the molecule is C=CC(=O)Nc1cccc(Nc2nc(Nc3ccc(N4CCN(C(=O)CO)CC4)cc3OC)ncc2C)c1.C=CC(=O)Nc1cccc(Nc2nc(Nc3ccc(N4CCN(C(C)=O)CC4)cc3OC)ncc2Cl)c1.C=CC(=O)Nc1cccc(Oc2nc(Nc3ccc(N4CCN(C(C)=O)CC4)cc3OC)ncc2C)c1.C=CC(=O)Nc1cccc(Oc2nc(Nc3ccc(N4CCN(C(C)=O)CC4)cc3OC)ncc2Cl)c1. The molecule has 4 aromatic heterocycles. The van der Waals surface area contributed by atoms with Crippen molar-refractivity contribution >= 4 is 186 Å². The largest absolute Gasteiger partial charge is 0.494 e. The van der Waals surface area contributed by atoms with Crippen molar-refractivity contribution in [3.63, 3.8) is 0 Å². The predicted molar refractivity (Wildman–Crippen MR) is 580 cm³/mol. The first-order chi connectivity index (χ1) is 72.0. The highest BCUT2D eigenvalue weighted by Crippen LogP contribution is 2.40. The zero-order valence-electron chi connectivity index (χ0n) is 83.7. The fourth-order valence-electron chi connectivity index (χ4n) is 15.7. The number of benzene rings is 8. The average Bonchev–Trinajstić information content (AvgIpc) is 0.821. The zero-order valence-corrected chi connectivity index (χ0v) is 85.2. The maximum absolute atomic E-state index is 11.7. The molecular formula is C106H116Cl2N26O15. The first-order valence-corrected chi connectivity index (χ1v) is 47.9. The van der Waals surface area contributed by atoms with Gasteiger partial charge in [0.2, 0.25) is 82.8 Å². The number of carbonyl (C=O) groups is 8. The maximum atomic E-state index is 11.7. The summed E-state index contributed by atoms with van der Waals surface area (Å²) >= 11 is 12.6. The molecule has 8 aromatic carbocycles. The molecule has 0 spiro atoms. The van der Waals surface area contributed by atoms with Gasteiger partial charge in [0.15, 0.2) is 5.82 Å². The summed E-state index contributed by atoms with van der Waals surface area (Å²) in [5.74, 6) is 5.11. The summed E-state index contributed by atoms with van der Waals surface area (Å²) in [6.45, 7) is 33.0. The van der Waals surface area contributed by atoms with Crippen LogP contribution in [0.2, 0.25) is 10.0 Å². The molecule has 4 aliphatic heterocycles. The number of methoxy groups -OCH3 is 4. The summed E-state index contributed by atoms with van der Waals surface area (Å²) in [4.78, 5) is 144. The molecule has 774 valence electrons. The number of halogens is 2. The Kier molecular flexibility index (Phi) is 38.3. The average molecular weight is 2070 g/mol. The normalized spacial score (nSPS) is 13.0. The second kappa shape index (κ2) is 52.6. The number of nitrogens with zero attached hydrogens (tertiary/aromatic N) is 16. The zero-order chi connectivity index (χ0) is 106. The van der Waals surface area contributed by atoms with Crippen molar-refractivity contribution in [3.8, 4) is 46.3 Å². The third-order valence-electron chi connectivity index (χ3n) is 23.6. The molecule has 8 heterocycles. The minimum absolute atomic E-state index is 0.0928. The van der Waals surface area contributed by atoms with Gasteiger partial charge in [0.25, 0.3) is 0 Å². The fraction of sp³-hybridized carbons (Fsp3) is 0.245. The quantitative estimate of drug-likeness (QED) is 0.0170. The first-order valence-electron chi connectivity index (χ1n) is 47.2. The van der Waals surface area contributed by atoms with Gasteiger partial charge in [0.1, 0.15) is 57.0 Å². The number of carbonyl (C=O) groups excluding carboxylic acids is 8. The van der Waals surface area contributed by atoms with E-state index in [0.29, 0.717) is 192 Å². The van der Waals surface area contributed by atoms with E-state index in [2.05, 4.69) is 139 Å². The van der Waals surface area contributed by atoms with E-state index < -0.39 is 6.61 Å². The Morgan fingerprint density at radius 2 is 0.624 bits per heavy atom. The number of hydrogen-bond donors (Lipinski definition) is 11. The minimum atomic E-state index is -0.465. The molecule has 8 amide bonds. The van der Waals surface area contributed by atoms with Crippen LogP contribution in [0.3, 0.4) is 0 Å². The summed E-state index contributed by atoms with van der Waals surface area (Å²) < 4.78 is 34.3. The molecular weight excluding hydrogens is 1950 g/mol. The van der Waals surface area contributed by atoms with E-state index in [-0.39, 0.29) is 64.1 Å². The van der Waals surface area contributed by atoms with Gasteiger partial charge in [-0.1, -0.05) is 73.8 Å². The van der Waals surface area contributed by atoms with Gasteiger partial charge in [-0.15, -0.1) is 0 Å². The van der Waals surface area contributed by atoms with Crippen LogP contribution in [0.5, 0.6) is 46.3 Å². The molecule has 4 aliphatic rings. The summed E-state index contributed by atoms with van der Waals surface area (Å²) in [6, 6.07) is 51.6. The van der Waals surface area contributed by atoms with Crippen molar-refractivity contribution in [2.24, 2.45) is 0 Å². The van der Waals surface area contributed by atoms with E-state index in [1.807, 2.05) is 120 Å². The molecule has 0 saturated carbocycles. The lowest BCUT2D eigenvalue weighted by Gasteiger charge is -2.36. The molecule has 0 unspecified atom stereocenters. The lowest BCUT2D eigenvalue weighted by Crippen LogP contribution is -2.49. The highest BCUT2D eigenvalue weighted by Gasteiger charge is 2.28. The molecule has 4 fully saturated rings. The third-order valence-corrected chi connectivity index (χ3v) is 24.2. The summed E-state index contributed by atoms with van der Waals surface area (Å²) in [5.41, 5.74) is 12.1. The number of ether oxygens (including phenoxy) is 6.